The highest BCUT2D eigenvalue weighted by molar-refractivity contribution is 7.22. The number of Topliss-reactive ketones (excluding diaryl/α,β-unsaturated/α-hetero) is 2. The van der Waals surface area contributed by atoms with Crippen LogP contribution in [0.1, 0.15) is 41.6 Å². The van der Waals surface area contributed by atoms with Crippen molar-refractivity contribution >= 4 is 38.9 Å². The third-order valence-corrected chi connectivity index (χ3v) is 8.04. The van der Waals surface area contributed by atoms with E-state index in [2.05, 4.69) is 6.07 Å². The van der Waals surface area contributed by atoms with E-state index in [0.717, 1.165) is 26.1 Å². The highest BCUT2D eigenvalue weighted by Crippen LogP contribution is 2.43. The summed E-state index contributed by atoms with van der Waals surface area (Å²) in [5.41, 5.74) is 7.20. The maximum atomic E-state index is 13.1. The first-order valence-electron chi connectivity index (χ1n) is 11.7. The zero-order chi connectivity index (χ0) is 25.1. The average Bonchev–Trinajstić information content (AvgIpc) is 3.23. The second-order valence-corrected chi connectivity index (χ2v) is 10.3. The smallest absolute Gasteiger partial charge is 0.224 e. The van der Waals surface area contributed by atoms with E-state index < -0.39 is 36.6 Å². The van der Waals surface area contributed by atoms with Gasteiger partial charge in [0.25, 0.3) is 0 Å². The van der Waals surface area contributed by atoms with Crippen molar-refractivity contribution in [3.63, 3.8) is 0 Å². The number of carbonyl (C=O) groups is 3. The maximum absolute atomic E-state index is 13.1. The predicted octanol–water partition coefficient (Wildman–Crippen LogP) is 3.46. The van der Waals surface area contributed by atoms with Gasteiger partial charge in [0, 0.05) is 28.5 Å². The molecule has 184 valence electrons. The van der Waals surface area contributed by atoms with Crippen LogP contribution in [0.25, 0.3) is 20.5 Å². The monoisotopic (exact) mass is 495 g/mol. The molecule has 3 aromatic rings. The zero-order valence-electron chi connectivity index (χ0n) is 19.3. The average molecular weight is 496 g/mol. The molecule has 8 heteroatoms. The quantitative estimate of drug-likeness (QED) is 0.318. The van der Waals surface area contributed by atoms with E-state index in [1.165, 1.54) is 0 Å². The van der Waals surface area contributed by atoms with Crippen LogP contribution in [0.5, 0.6) is 5.75 Å². The fraction of sp³-hybridized carbons (Fsp3) is 0.370. The van der Waals surface area contributed by atoms with E-state index in [9.17, 15) is 29.7 Å². The predicted molar refractivity (Wildman–Crippen MR) is 134 cm³/mol. The van der Waals surface area contributed by atoms with Crippen molar-refractivity contribution in [2.24, 2.45) is 23.5 Å². The molecule has 0 aliphatic heterocycles. The first kappa shape index (κ1) is 25.0. The number of aromatic hydroxyl groups is 1. The summed E-state index contributed by atoms with van der Waals surface area (Å²) in [4.78, 5) is 37.9. The van der Waals surface area contributed by atoms with Gasteiger partial charge in [-0.05, 0) is 71.9 Å². The van der Waals surface area contributed by atoms with E-state index in [-0.39, 0.29) is 36.9 Å². The van der Waals surface area contributed by atoms with E-state index in [1.807, 2.05) is 30.3 Å². The summed E-state index contributed by atoms with van der Waals surface area (Å²) < 4.78 is 1.13. The summed E-state index contributed by atoms with van der Waals surface area (Å²) in [5.74, 6) is -2.80. The number of rotatable bonds is 10. The molecule has 4 rings (SSSR count). The van der Waals surface area contributed by atoms with Crippen molar-refractivity contribution in [3.05, 3.63) is 53.6 Å². The normalized spacial score (nSPS) is 17.2. The molecule has 35 heavy (non-hydrogen) atoms. The van der Waals surface area contributed by atoms with E-state index in [1.54, 1.807) is 17.4 Å². The Bertz CT molecular complexity index is 1230. The third-order valence-electron chi connectivity index (χ3n) is 6.89. The van der Waals surface area contributed by atoms with Gasteiger partial charge in [0.15, 0.2) is 5.78 Å². The molecule has 1 aliphatic carbocycles. The fourth-order valence-corrected chi connectivity index (χ4v) is 6.41. The molecule has 0 saturated carbocycles. The van der Waals surface area contributed by atoms with Gasteiger partial charge < -0.3 is 21.1 Å². The lowest BCUT2D eigenvalue weighted by molar-refractivity contribution is -0.131. The van der Waals surface area contributed by atoms with Crippen molar-refractivity contribution < 1.29 is 29.7 Å². The topological polar surface area (TPSA) is 138 Å². The largest absolute Gasteiger partial charge is 0.507 e. The molecular formula is C27H29NO6S. The van der Waals surface area contributed by atoms with E-state index in [4.69, 9.17) is 5.73 Å². The van der Waals surface area contributed by atoms with Crippen molar-refractivity contribution in [3.8, 4) is 16.2 Å². The number of ketones is 2. The van der Waals surface area contributed by atoms with Gasteiger partial charge in [-0.2, -0.15) is 0 Å². The van der Waals surface area contributed by atoms with Crippen molar-refractivity contribution in [1.29, 1.82) is 0 Å². The van der Waals surface area contributed by atoms with Crippen molar-refractivity contribution in [2.75, 3.05) is 13.2 Å². The Labute approximate surface area is 207 Å². The maximum Gasteiger partial charge on any atom is 0.224 e. The number of amides is 1. The van der Waals surface area contributed by atoms with Gasteiger partial charge >= 0.3 is 0 Å². The molecule has 0 radical (unpaired) electrons. The second-order valence-electron chi connectivity index (χ2n) is 9.24. The van der Waals surface area contributed by atoms with Crippen LogP contribution in [0.3, 0.4) is 0 Å². The van der Waals surface area contributed by atoms with Gasteiger partial charge in [-0.3, -0.25) is 14.4 Å². The lowest BCUT2D eigenvalue weighted by atomic mass is 9.73. The number of aliphatic hydroxyl groups is 2. The number of thiophene rings is 1. The highest BCUT2D eigenvalue weighted by Gasteiger charge is 2.35. The first-order valence-corrected chi connectivity index (χ1v) is 12.5. The lowest BCUT2D eigenvalue weighted by Crippen LogP contribution is -2.33. The standard InChI is InChI=1S/C27H29NO6S/c28-26(34)13-22(32)20(14-30)16(7-8-29)9-15-10-19-18(5-6-21(31)27(19)23(33)11-15)25-12-17-3-1-2-4-24(17)35-25/h1-6,12,15-16,20,29-31H,7-11,13-14H2,(H2,28,34). The number of hydrogen-bond donors (Lipinski definition) is 4. The molecule has 0 saturated heterocycles. The van der Waals surface area contributed by atoms with Gasteiger partial charge in [-0.25, -0.2) is 0 Å². The summed E-state index contributed by atoms with van der Waals surface area (Å²) in [6, 6.07) is 13.5. The van der Waals surface area contributed by atoms with Gasteiger partial charge in [0.05, 0.1) is 18.6 Å². The number of aliphatic hydroxyl groups excluding tert-OH is 2. The summed E-state index contributed by atoms with van der Waals surface area (Å²) in [5, 5.41) is 31.1. The van der Waals surface area contributed by atoms with Crippen LogP contribution in [0.2, 0.25) is 0 Å². The number of nitrogens with two attached hydrogens (primary N) is 1. The van der Waals surface area contributed by atoms with Gasteiger partial charge in [-0.15, -0.1) is 11.3 Å². The number of fused-ring (bicyclic) bond motifs is 2. The van der Waals surface area contributed by atoms with Gasteiger partial charge in [0.2, 0.25) is 5.91 Å². The number of benzene rings is 2. The first-order chi connectivity index (χ1) is 16.8. The molecule has 0 fully saturated rings. The minimum absolute atomic E-state index is 0.0370. The van der Waals surface area contributed by atoms with Crippen LogP contribution in [0.15, 0.2) is 42.5 Å². The van der Waals surface area contributed by atoms with Crippen molar-refractivity contribution in [1.82, 2.24) is 0 Å². The second kappa shape index (κ2) is 10.7. The fourth-order valence-electron chi connectivity index (χ4n) is 5.29. The molecular weight excluding hydrogens is 466 g/mol. The number of phenolic OH excluding ortho intramolecular Hbond substituents is 1. The van der Waals surface area contributed by atoms with Gasteiger partial charge in [0.1, 0.15) is 11.5 Å². The van der Waals surface area contributed by atoms with Crippen LogP contribution >= 0.6 is 11.3 Å². The Hall–Kier alpha value is -3.07. The molecule has 3 atom stereocenters. The van der Waals surface area contributed by atoms with Crippen LogP contribution in [0, 0.1) is 17.8 Å². The van der Waals surface area contributed by atoms with Crippen LogP contribution in [0.4, 0.5) is 0 Å². The number of hydrogen-bond acceptors (Lipinski definition) is 7. The molecule has 1 heterocycles. The molecule has 0 bridgehead atoms. The molecule has 2 aromatic carbocycles. The van der Waals surface area contributed by atoms with Crippen LogP contribution < -0.4 is 5.73 Å². The summed E-state index contributed by atoms with van der Waals surface area (Å²) in [6.07, 6.45) is 0.923. The summed E-state index contributed by atoms with van der Waals surface area (Å²) in [7, 11) is 0. The molecule has 5 N–H and O–H groups in total. The molecule has 7 nitrogen and oxygen atoms in total. The lowest BCUT2D eigenvalue weighted by Gasteiger charge is -2.31. The number of primary amides is 1. The molecule has 1 aliphatic rings. The minimum Gasteiger partial charge on any atom is -0.507 e. The van der Waals surface area contributed by atoms with Crippen molar-refractivity contribution in [2.45, 2.75) is 32.1 Å². The van der Waals surface area contributed by atoms with E-state index in [0.29, 0.717) is 18.4 Å². The molecule has 1 amide bonds. The number of carbonyl (C=O) groups excluding carboxylic acids is 3. The highest BCUT2D eigenvalue weighted by atomic mass is 32.1. The third kappa shape index (κ3) is 5.29. The Morgan fingerprint density at radius 1 is 1.11 bits per heavy atom. The van der Waals surface area contributed by atoms with Crippen LogP contribution in [-0.2, 0) is 16.0 Å². The van der Waals surface area contributed by atoms with Crippen LogP contribution in [-0.4, -0.2) is 46.0 Å². The summed E-state index contributed by atoms with van der Waals surface area (Å²) in [6.45, 7) is -0.641. The minimum atomic E-state index is -0.836. The Morgan fingerprint density at radius 2 is 1.89 bits per heavy atom. The molecule has 3 unspecified atom stereocenters. The SMILES string of the molecule is NC(=O)CC(=O)C(CO)C(CCO)CC1CC(=O)c2c(O)ccc(-c3cc4ccccc4s3)c2C1. The van der Waals surface area contributed by atoms with Gasteiger partial charge in [-0.1, -0.05) is 18.2 Å². The van der Waals surface area contributed by atoms with E-state index >= 15 is 0 Å². The summed E-state index contributed by atoms with van der Waals surface area (Å²) >= 11 is 1.62. The Balaban J connectivity index is 1.66. The zero-order valence-corrected chi connectivity index (χ0v) is 20.1. The number of phenols is 1. The Morgan fingerprint density at radius 3 is 2.57 bits per heavy atom. The Kier molecular flexibility index (Phi) is 7.64. The molecule has 0 spiro atoms. The molecule has 1 aromatic heterocycles.